The van der Waals surface area contributed by atoms with Gasteiger partial charge in [-0.25, -0.2) is 4.39 Å². The van der Waals surface area contributed by atoms with Gasteiger partial charge in [-0.15, -0.1) is 0 Å². The molecule has 1 rings (SSSR count). The first-order chi connectivity index (χ1) is 8.88. The van der Waals surface area contributed by atoms with Crippen LogP contribution in [0.1, 0.15) is 18.9 Å². The van der Waals surface area contributed by atoms with Crippen LogP contribution in [-0.2, 0) is 16.0 Å². The van der Waals surface area contributed by atoms with Crippen molar-refractivity contribution in [3.05, 3.63) is 34.6 Å². The van der Waals surface area contributed by atoms with Crippen LogP contribution >= 0.6 is 11.6 Å². The van der Waals surface area contributed by atoms with Crippen molar-refractivity contribution in [3.8, 4) is 0 Å². The number of carboxylic acids is 1. The van der Waals surface area contributed by atoms with Crippen LogP contribution in [0.15, 0.2) is 18.2 Å². The van der Waals surface area contributed by atoms with Crippen molar-refractivity contribution in [3.63, 3.8) is 0 Å². The fraction of sp³-hybridized carbons (Fsp3) is 0.385. The van der Waals surface area contributed by atoms with E-state index in [0.717, 1.165) is 6.07 Å². The van der Waals surface area contributed by atoms with Gasteiger partial charge in [0.05, 0.1) is 6.42 Å². The Hall–Kier alpha value is -1.62. The van der Waals surface area contributed by atoms with E-state index >= 15 is 0 Å². The van der Waals surface area contributed by atoms with Gasteiger partial charge in [-0.2, -0.15) is 0 Å². The van der Waals surface area contributed by atoms with Gasteiger partial charge in [0.15, 0.2) is 0 Å². The van der Waals surface area contributed by atoms with Crippen LogP contribution in [-0.4, -0.2) is 23.5 Å². The molecule has 6 heteroatoms. The monoisotopic (exact) mass is 287 g/mol. The minimum absolute atomic E-state index is 0.00240. The molecule has 0 saturated carbocycles. The first-order valence-corrected chi connectivity index (χ1v) is 6.18. The molecule has 0 aromatic heterocycles. The predicted octanol–water partition coefficient (Wildman–Crippen LogP) is 2.25. The van der Waals surface area contributed by atoms with Crippen molar-refractivity contribution < 1.29 is 19.1 Å². The summed E-state index contributed by atoms with van der Waals surface area (Å²) in [5.74, 6) is -1.77. The summed E-state index contributed by atoms with van der Waals surface area (Å²) in [7, 11) is 0. The van der Waals surface area contributed by atoms with Gasteiger partial charge >= 0.3 is 5.97 Å². The van der Waals surface area contributed by atoms with E-state index in [2.05, 4.69) is 5.32 Å². The molecule has 0 saturated heterocycles. The number of hydrogen-bond acceptors (Lipinski definition) is 2. The average molecular weight is 288 g/mol. The highest BCUT2D eigenvalue weighted by molar-refractivity contribution is 6.31. The van der Waals surface area contributed by atoms with Gasteiger partial charge in [-0.1, -0.05) is 24.6 Å². The van der Waals surface area contributed by atoms with Crippen LogP contribution in [0.5, 0.6) is 0 Å². The van der Waals surface area contributed by atoms with E-state index in [9.17, 15) is 14.0 Å². The number of carboxylic acid groups (broad SMARTS) is 1. The van der Waals surface area contributed by atoms with Crippen molar-refractivity contribution in [1.29, 1.82) is 0 Å². The molecule has 0 aliphatic carbocycles. The van der Waals surface area contributed by atoms with Crippen LogP contribution in [0, 0.1) is 11.7 Å². The molecule has 0 heterocycles. The lowest BCUT2D eigenvalue weighted by Gasteiger charge is -2.10. The van der Waals surface area contributed by atoms with Gasteiger partial charge in [0.1, 0.15) is 5.82 Å². The van der Waals surface area contributed by atoms with Crippen molar-refractivity contribution in [2.24, 2.45) is 5.92 Å². The van der Waals surface area contributed by atoms with Crippen molar-refractivity contribution in [1.82, 2.24) is 5.32 Å². The highest BCUT2D eigenvalue weighted by Gasteiger charge is 2.11. The molecule has 19 heavy (non-hydrogen) atoms. The molecular formula is C13H15ClFNO3. The molecule has 0 aliphatic heterocycles. The van der Waals surface area contributed by atoms with Gasteiger partial charge in [0, 0.05) is 18.0 Å². The van der Waals surface area contributed by atoms with E-state index in [-0.39, 0.29) is 36.2 Å². The number of carbonyl (C=O) groups is 2. The summed E-state index contributed by atoms with van der Waals surface area (Å²) in [5.41, 5.74) is 0.534. The second kappa shape index (κ2) is 7.09. The number of rotatable bonds is 6. The molecule has 104 valence electrons. The molecule has 1 amide bonds. The topological polar surface area (TPSA) is 66.4 Å². The number of amides is 1. The lowest BCUT2D eigenvalue weighted by molar-refractivity contribution is -0.138. The van der Waals surface area contributed by atoms with E-state index < -0.39 is 11.8 Å². The van der Waals surface area contributed by atoms with Crippen LogP contribution in [0.2, 0.25) is 5.02 Å². The van der Waals surface area contributed by atoms with Crippen molar-refractivity contribution in [2.75, 3.05) is 6.54 Å². The summed E-state index contributed by atoms with van der Waals surface area (Å²) < 4.78 is 12.8. The molecule has 0 bridgehead atoms. The third-order valence-electron chi connectivity index (χ3n) is 2.54. The van der Waals surface area contributed by atoms with Gasteiger partial charge < -0.3 is 10.4 Å². The number of nitrogens with one attached hydrogen (secondary N) is 1. The zero-order valence-corrected chi connectivity index (χ0v) is 11.2. The number of benzene rings is 1. The Morgan fingerprint density at radius 2 is 2.16 bits per heavy atom. The summed E-state index contributed by atoms with van der Waals surface area (Å²) in [4.78, 5) is 22.1. The highest BCUT2D eigenvalue weighted by atomic mass is 35.5. The molecular weight excluding hydrogens is 273 g/mol. The lowest BCUT2D eigenvalue weighted by Crippen LogP contribution is -2.30. The molecule has 4 nitrogen and oxygen atoms in total. The summed E-state index contributed by atoms with van der Waals surface area (Å²) >= 11 is 5.81. The van der Waals surface area contributed by atoms with E-state index in [1.165, 1.54) is 12.1 Å². The maximum Gasteiger partial charge on any atom is 0.303 e. The Morgan fingerprint density at radius 3 is 2.74 bits per heavy atom. The van der Waals surface area contributed by atoms with E-state index in [0.29, 0.717) is 5.56 Å². The molecule has 2 N–H and O–H groups in total. The number of hydrogen-bond donors (Lipinski definition) is 2. The maximum absolute atomic E-state index is 12.8. The molecule has 0 aliphatic rings. The third-order valence-corrected chi connectivity index (χ3v) is 2.89. The largest absolute Gasteiger partial charge is 0.481 e. The normalized spacial score (nSPS) is 11.9. The van der Waals surface area contributed by atoms with Crippen LogP contribution in [0.25, 0.3) is 0 Å². The highest BCUT2D eigenvalue weighted by Crippen LogP contribution is 2.17. The molecule has 1 unspecified atom stereocenters. The number of halogens is 2. The Morgan fingerprint density at radius 1 is 1.47 bits per heavy atom. The zero-order chi connectivity index (χ0) is 14.4. The van der Waals surface area contributed by atoms with Gasteiger partial charge in [0.2, 0.25) is 5.91 Å². The van der Waals surface area contributed by atoms with Crippen molar-refractivity contribution in [2.45, 2.75) is 19.8 Å². The van der Waals surface area contributed by atoms with E-state index in [4.69, 9.17) is 16.7 Å². The fourth-order valence-corrected chi connectivity index (χ4v) is 1.79. The van der Waals surface area contributed by atoms with Gasteiger partial charge in [-0.3, -0.25) is 9.59 Å². The smallest absolute Gasteiger partial charge is 0.303 e. The van der Waals surface area contributed by atoms with E-state index in [1.807, 2.05) is 0 Å². The first-order valence-electron chi connectivity index (χ1n) is 5.81. The predicted molar refractivity (Wildman–Crippen MR) is 69.5 cm³/mol. The van der Waals surface area contributed by atoms with Crippen LogP contribution in [0.3, 0.4) is 0 Å². The minimum atomic E-state index is -0.900. The Kier molecular flexibility index (Phi) is 5.76. The van der Waals surface area contributed by atoms with Crippen LogP contribution < -0.4 is 5.32 Å². The van der Waals surface area contributed by atoms with Gasteiger partial charge in [0.25, 0.3) is 0 Å². The third kappa shape index (κ3) is 5.70. The molecule has 0 fully saturated rings. The molecule has 1 atom stereocenters. The number of carbonyl (C=O) groups excluding carboxylic acids is 1. The van der Waals surface area contributed by atoms with Crippen molar-refractivity contribution >= 4 is 23.5 Å². The minimum Gasteiger partial charge on any atom is -0.481 e. The summed E-state index contributed by atoms with van der Waals surface area (Å²) in [6.45, 7) is 2.02. The molecule has 1 aromatic rings. The Labute approximate surface area is 115 Å². The fourth-order valence-electron chi connectivity index (χ4n) is 1.56. The SMILES string of the molecule is CC(CNC(=O)Cc1ccc(F)cc1Cl)CC(=O)O. The average Bonchev–Trinajstić information content (AvgIpc) is 2.29. The summed E-state index contributed by atoms with van der Waals surface area (Å²) in [6, 6.07) is 3.84. The van der Waals surface area contributed by atoms with Gasteiger partial charge in [-0.05, 0) is 23.6 Å². The maximum atomic E-state index is 12.8. The molecule has 1 aromatic carbocycles. The van der Waals surface area contributed by atoms with E-state index in [1.54, 1.807) is 6.92 Å². The first kappa shape index (κ1) is 15.4. The standard InChI is InChI=1S/C13H15ClFNO3/c1-8(4-13(18)19)7-16-12(17)5-9-2-3-10(15)6-11(9)14/h2-3,6,8H,4-5,7H2,1H3,(H,16,17)(H,18,19). The Bertz CT molecular complexity index is 479. The Balaban J connectivity index is 2.45. The molecule has 0 radical (unpaired) electrons. The number of aliphatic carboxylic acids is 1. The van der Waals surface area contributed by atoms with Crippen LogP contribution in [0.4, 0.5) is 4.39 Å². The zero-order valence-electron chi connectivity index (χ0n) is 10.5. The summed E-state index contributed by atoms with van der Waals surface area (Å²) in [5, 5.41) is 11.4. The second-order valence-electron chi connectivity index (χ2n) is 4.42. The molecule has 0 spiro atoms. The summed E-state index contributed by atoms with van der Waals surface area (Å²) in [6.07, 6.45) is 0.0382. The second-order valence-corrected chi connectivity index (χ2v) is 4.83. The lowest BCUT2D eigenvalue weighted by atomic mass is 10.1. The quantitative estimate of drug-likeness (QED) is 0.843.